The van der Waals surface area contributed by atoms with E-state index in [1.807, 2.05) is 6.07 Å². The van der Waals surface area contributed by atoms with Gasteiger partial charge in [0.2, 0.25) is 11.5 Å². The number of hydrogen-bond acceptors (Lipinski definition) is 5. The maximum Gasteiger partial charge on any atom is 0.321 e. The van der Waals surface area contributed by atoms with Gasteiger partial charge in [0.05, 0.1) is 6.33 Å². The number of nitrogens with one attached hydrogen (secondary N) is 2. The fraction of sp³-hybridized carbons (Fsp3) is 0.250. The van der Waals surface area contributed by atoms with Crippen LogP contribution in [0.2, 0.25) is 0 Å². The van der Waals surface area contributed by atoms with Gasteiger partial charge in [-0.05, 0) is 26.0 Å². The van der Waals surface area contributed by atoms with E-state index in [9.17, 15) is 14.4 Å². The molecule has 0 atom stereocenters. The second-order valence-electron chi connectivity index (χ2n) is 5.63. The minimum Gasteiger partial charge on any atom is -0.448 e. The zero-order valence-corrected chi connectivity index (χ0v) is 13.2. The minimum absolute atomic E-state index is 0.0816. The van der Waals surface area contributed by atoms with Gasteiger partial charge in [-0.2, -0.15) is 0 Å². The Morgan fingerprint density at radius 1 is 1.29 bits per heavy atom. The van der Waals surface area contributed by atoms with Crippen LogP contribution in [-0.4, -0.2) is 27.5 Å². The summed E-state index contributed by atoms with van der Waals surface area (Å²) in [6, 6.07) is 6.45. The molecule has 0 fully saturated rings. The summed E-state index contributed by atoms with van der Waals surface area (Å²) in [7, 11) is 0. The van der Waals surface area contributed by atoms with Crippen LogP contribution in [0, 0.1) is 0 Å². The first kappa shape index (κ1) is 15.7. The molecule has 2 N–H and O–H groups in total. The van der Waals surface area contributed by atoms with E-state index < -0.39 is 17.5 Å². The molecule has 3 amide bonds. The van der Waals surface area contributed by atoms with Crippen molar-refractivity contribution in [1.82, 2.24) is 20.2 Å². The van der Waals surface area contributed by atoms with Crippen molar-refractivity contribution < 1.29 is 14.0 Å². The van der Waals surface area contributed by atoms with Crippen LogP contribution in [0.15, 0.2) is 39.8 Å². The first-order valence-electron chi connectivity index (χ1n) is 7.42. The number of fused-ring (bicyclic) bond motifs is 3. The summed E-state index contributed by atoms with van der Waals surface area (Å²) in [5.74, 6) is -0.618. The van der Waals surface area contributed by atoms with Crippen molar-refractivity contribution in [2.45, 2.75) is 26.4 Å². The lowest BCUT2D eigenvalue weighted by atomic mass is 10.2. The standard InChI is InChI=1S/C16H16N4O4/c1-9(2)18-16(23)19-12(21)7-20-8-17-13-10-5-3-4-6-11(10)24-14(13)15(20)22/h3-6,8-9H,7H2,1-2H3,(H2,18,19,21,23). The van der Waals surface area contributed by atoms with Gasteiger partial charge in [0.15, 0.2) is 0 Å². The van der Waals surface area contributed by atoms with E-state index in [4.69, 9.17) is 4.42 Å². The van der Waals surface area contributed by atoms with Crippen molar-refractivity contribution in [3.05, 3.63) is 40.9 Å². The number of para-hydroxylation sites is 1. The van der Waals surface area contributed by atoms with Gasteiger partial charge in [-0.1, -0.05) is 12.1 Å². The largest absolute Gasteiger partial charge is 0.448 e. The van der Waals surface area contributed by atoms with Gasteiger partial charge in [-0.3, -0.25) is 19.5 Å². The number of benzene rings is 1. The van der Waals surface area contributed by atoms with Crippen molar-refractivity contribution in [2.75, 3.05) is 0 Å². The van der Waals surface area contributed by atoms with Gasteiger partial charge >= 0.3 is 6.03 Å². The molecule has 0 aliphatic carbocycles. The molecule has 1 aromatic carbocycles. The molecular weight excluding hydrogens is 312 g/mol. The van der Waals surface area contributed by atoms with E-state index in [1.54, 1.807) is 32.0 Å². The van der Waals surface area contributed by atoms with Gasteiger partial charge < -0.3 is 9.73 Å². The average Bonchev–Trinajstić information content (AvgIpc) is 2.88. The van der Waals surface area contributed by atoms with E-state index in [-0.39, 0.29) is 18.2 Å². The van der Waals surface area contributed by atoms with Crippen LogP contribution in [0.25, 0.3) is 22.1 Å². The highest BCUT2D eigenvalue weighted by molar-refractivity contribution is 6.01. The molecule has 3 rings (SSSR count). The Morgan fingerprint density at radius 2 is 2.04 bits per heavy atom. The monoisotopic (exact) mass is 328 g/mol. The number of nitrogens with zero attached hydrogens (tertiary/aromatic N) is 2. The van der Waals surface area contributed by atoms with E-state index in [1.165, 1.54) is 6.33 Å². The number of amides is 3. The van der Waals surface area contributed by atoms with E-state index in [0.29, 0.717) is 11.1 Å². The normalized spacial score (nSPS) is 11.1. The Kier molecular flexibility index (Phi) is 4.03. The smallest absolute Gasteiger partial charge is 0.321 e. The summed E-state index contributed by atoms with van der Waals surface area (Å²) in [5.41, 5.74) is 0.606. The zero-order valence-electron chi connectivity index (χ0n) is 13.2. The Labute approximate surface area is 136 Å². The molecule has 0 unspecified atom stereocenters. The first-order valence-corrected chi connectivity index (χ1v) is 7.42. The SMILES string of the molecule is CC(C)NC(=O)NC(=O)Cn1cnc2c(oc3ccccc32)c1=O. The Hall–Kier alpha value is -3.16. The fourth-order valence-electron chi connectivity index (χ4n) is 2.35. The molecule has 0 aliphatic heterocycles. The Morgan fingerprint density at radius 3 is 2.79 bits per heavy atom. The molecular formula is C16H16N4O4. The fourth-order valence-corrected chi connectivity index (χ4v) is 2.35. The average molecular weight is 328 g/mol. The molecule has 0 bridgehead atoms. The highest BCUT2D eigenvalue weighted by Gasteiger charge is 2.15. The zero-order chi connectivity index (χ0) is 17.3. The van der Waals surface area contributed by atoms with Gasteiger partial charge in [0.1, 0.15) is 17.6 Å². The predicted molar refractivity (Wildman–Crippen MR) is 87.6 cm³/mol. The third kappa shape index (κ3) is 2.98. The summed E-state index contributed by atoms with van der Waals surface area (Å²) in [5, 5.41) is 5.42. The molecule has 2 aromatic heterocycles. The molecule has 24 heavy (non-hydrogen) atoms. The Bertz CT molecular complexity index is 987. The number of rotatable bonds is 3. The van der Waals surface area contributed by atoms with Gasteiger partial charge in [-0.15, -0.1) is 0 Å². The van der Waals surface area contributed by atoms with Crippen molar-refractivity contribution in [3.63, 3.8) is 0 Å². The first-order chi connectivity index (χ1) is 11.5. The van der Waals surface area contributed by atoms with Crippen molar-refractivity contribution in [2.24, 2.45) is 0 Å². The quantitative estimate of drug-likeness (QED) is 0.755. The highest BCUT2D eigenvalue weighted by Crippen LogP contribution is 2.23. The second kappa shape index (κ2) is 6.15. The molecule has 124 valence electrons. The van der Waals surface area contributed by atoms with Crippen molar-refractivity contribution in [3.8, 4) is 0 Å². The number of imide groups is 1. The summed E-state index contributed by atoms with van der Waals surface area (Å²) in [6.45, 7) is 3.21. The molecule has 0 aliphatic rings. The molecule has 0 radical (unpaired) electrons. The Balaban J connectivity index is 1.87. The maximum atomic E-state index is 12.4. The molecule has 0 saturated heterocycles. The minimum atomic E-state index is -0.618. The van der Waals surface area contributed by atoms with E-state index in [0.717, 1.165) is 9.95 Å². The second-order valence-corrected chi connectivity index (χ2v) is 5.63. The third-order valence-corrected chi connectivity index (χ3v) is 3.34. The summed E-state index contributed by atoms with van der Waals surface area (Å²) in [6.07, 6.45) is 1.27. The molecule has 8 nitrogen and oxygen atoms in total. The summed E-state index contributed by atoms with van der Waals surface area (Å²) >= 11 is 0. The number of aromatic nitrogens is 2. The molecule has 2 heterocycles. The number of furan rings is 1. The number of carbonyl (C=O) groups excluding carboxylic acids is 2. The van der Waals surface area contributed by atoms with Crippen LogP contribution in [0.5, 0.6) is 0 Å². The maximum absolute atomic E-state index is 12.4. The van der Waals surface area contributed by atoms with E-state index >= 15 is 0 Å². The predicted octanol–water partition coefficient (Wildman–Crippen LogP) is 1.38. The molecule has 8 heteroatoms. The molecule has 0 spiro atoms. The molecule has 0 saturated carbocycles. The van der Waals surface area contributed by atoms with E-state index in [2.05, 4.69) is 15.6 Å². The lowest BCUT2D eigenvalue weighted by Gasteiger charge is -2.09. The van der Waals surface area contributed by atoms with Crippen molar-refractivity contribution >= 4 is 34.0 Å². The van der Waals surface area contributed by atoms with Crippen LogP contribution >= 0.6 is 0 Å². The van der Waals surface area contributed by atoms with Crippen LogP contribution in [0.1, 0.15) is 13.8 Å². The van der Waals surface area contributed by atoms with Crippen LogP contribution in [0.3, 0.4) is 0 Å². The third-order valence-electron chi connectivity index (χ3n) is 3.34. The number of hydrogen-bond donors (Lipinski definition) is 2. The lowest BCUT2D eigenvalue weighted by molar-refractivity contribution is -0.120. The highest BCUT2D eigenvalue weighted by atomic mass is 16.3. The van der Waals surface area contributed by atoms with Gasteiger partial charge in [0, 0.05) is 11.4 Å². The van der Waals surface area contributed by atoms with Crippen LogP contribution in [-0.2, 0) is 11.3 Å². The number of carbonyl (C=O) groups is 2. The van der Waals surface area contributed by atoms with Crippen LogP contribution in [0.4, 0.5) is 4.79 Å². The van der Waals surface area contributed by atoms with Crippen LogP contribution < -0.4 is 16.2 Å². The molecule has 3 aromatic rings. The summed E-state index contributed by atoms with van der Waals surface area (Å²) in [4.78, 5) is 40.0. The number of urea groups is 1. The summed E-state index contributed by atoms with van der Waals surface area (Å²) < 4.78 is 6.63. The van der Waals surface area contributed by atoms with Crippen molar-refractivity contribution in [1.29, 1.82) is 0 Å². The lowest BCUT2D eigenvalue weighted by Crippen LogP contribution is -2.44. The topological polar surface area (TPSA) is 106 Å². The van der Waals surface area contributed by atoms with Gasteiger partial charge in [0.25, 0.3) is 5.56 Å². The van der Waals surface area contributed by atoms with Gasteiger partial charge in [-0.25, -0.2) is 9.78 Å².